The van der Waals surface area contributed by atoms with Gasteiger partial charge in [-0.15, -0.1) is 0 Å². The molecule has 1 aliphatic rings. The predicted molar refractivity (Wildman–Crippen MR) is 107 cm³/mol. The van der Waals surface area contributed by atoms with Crippen LogP contribution in [-0.4, -0.2) is 35.9 Å². The number of aryl methyl sites for hydroxylation is 1. The summed E-state index contributed by atoms with van der Waals surface area (Å²) in [7, 11) is 0. The highest BCUT2D eigenvalue weighted by Gasteiger charge is 2.33. The second-order valence-electron chi connectivity index (χ2n) is 6.54. The van der Waals surface area contributed by atoms with Crippen LogP contribution in [-0.2, 0) is 20.8 Å². The largest absolute Gasteiger partial charge is 0.363 e. The maximum Gasteiger partial charge on any atom is 0.287 e. The molecule has 144 valence electrons. The van der Waals surface area contributed by atoms with Gasteiger partial charge < -0.3 is 11.1 Å². The summed E-state index contributed by atoms with van der Waals surface area (Å²) in [6.45, 7) is 0. The van der Waals surface area contributed by atoms with Crippen molar-refractivity contribution in [3.05, 3.63) is 66.2 Å². The van der Waals surface area contributed by atoms with E-state index in [1.807, 2.05) is 60.7 Å². The number of rotatable bonds is 8. The van der Waals surface area contributed by atoms with Crippen molar-refractivity contribution < 1.29 is 14.4 Å². The number of carbonyl (C=O) groups is 3. The molecule has 0 aliphatic carbocycles. The van der Waals surface area contributed by atoms with Crippen molar-refractivity contribution in [3.8, 4) is 0 Å². The third kappa shape index (κ3) is 4.62. The van der Waals surface area contributed by atoms with Crippen LogP contribution in [0, 0.1) is 0 Å². The number of hydrogen-bond donors (Lipinski definition) is 2. The normalized spacial score (nSPS) is 16.6. The first-order valence-electron chi connectivity index (χ1n) is 9.11. The van der Waals surface area contributed by atoms with Gasteiger partial charge in [0.15, 0.2) is 0 Å². The molecule has 7 heteroatoms. The molecule has 0 radical (unpaired) electrons. The molecular formula is C21H22N4O3. The number of anilines is 1. The number of Topliss-reactive ketones (excluding diaryl/α,β-unsaturated/α-hetero) is 1. The molecule has 28 heavy (non-hydrogen) atoms. The van der Waals surface area contributed by atoms with Crippen LogP contribution in [0.1, 0.15) is 18.4 Å². The van der Waals surface area contributed by atoms with Gasteiger partial charge in [0.25, 0.3) is 5.91 Å². The van der Waals surface area contributed by atoms with Gasteiger partial charge in [-0.3, -0.25) is 19.4 Å². The van der Waals surface area contributed by atoms with Gasteiger partial charge >= 0.3 is 0 Å². The average molecular weight is 378 g/mol. The van der Waals surface area contributed by atoms with Crippen molar-refractivity contribution in [1.29, 1.82) is 0 Å². The first-order chi connectivity index (χ1) is 13.6. The van der Waals surface area contributed by atoms with E-state index in [1.54, 1.807) is 11.2 Å². The van der Waals surface area contributed by atoms with Crippen LogP contribution < -0.4 is 16.1 Å². The van der Waals surface area contributed by atoms with E-state index >= 15 is 0 Å². The van der Waals surface area contributed by atoms with Crippen molar-refractivity contribution in [1.82, 2.24) is 5.32 Å². The van der Waals surface area contributed by atoms with Crippen LogP contribution in [0.25, 0.3) is 0 Å². The van der Waals surface area contributed by atoms with Gasteiger partial charge in [0.1, 0.15) is 6.04 Å². The fraction of sp³-hybridized carbons (Fsp3) is 0.238. The smallest absolute Gasteiger partial charge is 0.287 e. The zero-order valence-corrected chi connectivity index (χ0v) is 15.3. The number of nitrogens with one attached hydrogen (secondary N) is 1. The first-order valence-corrected chi connectivity index (χ1v) is 9.11. The fourth-order valence-electron chi connectivity index (χ4n) is 3.12. The minimum absolute atomic E-state index is 0.288. The van der Waals surface area contributed by atoms with Crippen LogP contribution >= 0.6 is 0 Å². The molecule has 7 nitrogen and oxygen atoms in total. The summed E-state index contributed by atoms with van der Waals surface area (Å²) < 4.78 is 0. The Bertz CT molecular complexity index is 868. The number of hydrogen-bond acceptors (Lipinski definition) is 5. The highest BCUT2D eigenvalue weighted by Crippen LogP contribution is 2.22. The van der Waals surface area contributed by atoms with Gasteiger partial charge in [0.05, 0.1) is 11.7 Å². The molecule has 2 unspecified atom stereocenters. The third-order valence-electron chi connectivity index (χ3n) is 4.59. The quantitative estimate of drug-likeness (QED) is 0.678. The number of nitrogens with two attached hydrogens (primary N) is 1. The Morgan fingerprint density at radius 2 is 1.71 bits per heavy atom. The second-order valence-corrected chi connectivity index (χ2v) is 6.54. The van der Waals surface area contributed by atoms with Gasteiger partial charge in [-0.05, 0) is 30.5 Å². The number of nitrogens with zero attached hydrogens (tertiary/aromatic N) is 2. The summed E-state index contributed by atoms with van der Waals surface area (Å²) in [5.74, 6) is -2.22. The van der Waals surface area contributed by atoms with E-state index < -0.39 is 23.8 Å². The van der Waals surface area contributed by atoms with Gasteiger partial charge in [-0.25, -0.2) is 0 Å². The zero-order valence-electron chi connectivity index (χ0n) is 15.3. The molecule has 0 spiro atoms. The van der Waals surface area contributed by atoms with E-state index in [2.05, 4.69) is 10.4 Å². The lowest BCUT2D eigenvalue weighted by Crippen LogP contribution is -2.51. The number of amides is 2. The lowest BCUT2D eigenvalue weighted by molar-refractivity contribution is -0.138. The molecule has 2 amide bonds. The molecule has 0 aromatic heterocycles. The monoisotopic (exact) mass is 378 g/mol. The van der Waals surface area contributed by atoms with Crippen LogP contribution in [0.3, 0.4) is 0 Å². The minimum atomic E-state index is -1.05. The highest BCUT2D eigenvalue weighted by atomic mass is 16.2. The van der Waals surface area contributed by atoms with E-state index in [0.29, 0.717) is 12.8 Å². The van der Waals surface area contributed by atoms with Crippen molar-refractivity contribution >= 4 is 29.5 Å². The summed E-state index contributed by atoms with van der Waals surface area (Å²) in [5.41, 5.74) is 6.96. The molecule has 0 bridgehead atoms. The number of carbonyl (C=O) groups excluding carboxylic acids is 3. The third-order valence-corrected chi connectivity index (χ3v) is 4.59. The molecule has 0 saturated heterocycles. The topological polar surface area (TPSA) is 105 Å². The maximum atomic E-state index is 12.8. The molecule has 1 heterocycles. The van der Waals surface area contributed by atoms with E-state index in [1.165, 1.54) is 0 Å². The summed E-state index contributed by atoms with van der Waals surface area (Å²) in [4.78, 5) is 36.5. The second kappa shape index (κ2) is 8.94. The van der Waals surface area contributed by atoms with Gasteiger partial charge in [0.2, 0.25) is 11.7 Å². The average Bonchev–Trinajstić information content (AvgIpc) is 3.22. The minimum Gasteiger partial charge on any atom is -0.363 e. The lowest BCUT2D eigenvalue weighted by Gasteiger charge is -2.25. The molecule has 0 fully saturated rings. The summed E-state index contributed by atoms with van der Waals surface area (Å²) in [6, 6.07) is 17.3. The van der Waals surface area contributed by atoms with Gasteiger partial charge in [-0.1, -0.05) is 48.5 Å². The number of para-hydroxylation sites is 1. The molecule has 2 aromatic rings. The molecule has 2 aromatic carbocycles. The Morgan fingerprint density at radius 3 is 2.36 bits per heavy atom. The van der Waals surface area contributed by atoms with Crippen LogP contribution in [0.2, 0.25) is 0 Å². The highest BCUT2D eigenvalue weighted by molar-refractivity contribution is 6.37. The summed E-state index contributed by atoms with van der Waals surface area (Å²) in [5, 5.41) is 8.57. The summed E-state index contributed by atoms with van der Waals surface area (Å²) in [6.07, 6.45) is 2.90. The summed E-state index contributed by atoms with van der Waals surface area (Å²) >= 11 is 0. The molecule has 2 atom stereocenters. The standard InChI is InChI=1S/C21H22N4O3/c22-20(27)19(26)17(12-11-15-7-3-1-4-8-15)24-21(28)18-13-14-23-25(18)16-9-5-2-6-10-16/h1-10,14,17-18H,11-13H2,(H2,22,27)(H,24,28). The van der Waals surface area contributed by atoms with Crippen molar-refractivity contribution in [2.75, 3.05) is 5.01 Å². The molecule has 1 aliphatic heterocycles. The van der Waals surface area contributed by atoms with E-state index in [4.69, 9.17) is 5.73 Å². The SMILES string of the molecule is NC(=O)C(=O)C(CCc1ccccc1)NC(=O)C1CC=NN1c1ccccc1. The van der Waals surface area contributed by atoms with E-state index in [9.17, 15) is 14.4 Å². The fourth-order valence-corrected chi connectivity index (χ4v) is 3.12. The Morgan fingerprint density at radius 1 is 1.07 bits per heavy atom. The van der Waals surface area contributed by atoms with E-state index in [-0.39, 0.29) is 12.3 Å². The number of hydrazone groups is 1. The number of benzene rings is 2. The van der Waals surface area contributed by atoms with Crippen LogP contribution in [0.15, 0.2) is 65.8 Å². The molecule has 0 saturated carbocycles. The Hall–Kier alpha value is -3.48. The van der Waals surface area contributed by atoms with Crippen molar-refractivity contribution in [2.45, 2.75) is 31.3 Å². The van der Waals surface area contributed by atoms with Gasteiger partial charge in [-0.2, -0.15) is 5.10 Å². The van der Waals surface area contributed by atoms with Crippen molar-refractivity contribution in [3.63, 3.8) is 0 Å². The van der Waals surface area contributed by atoms with Crippen LogP contribution in [0.4, 0.5) is 5.69 Å². The Balaban J connectivity index is 1.69. The molecule has 3 rings (SSSR count). The Labute approximate surface area is 163 Å². The van der Waals surface area contributed by atoms with Crippen LogP contribution in [0.5, 0.6) is 0 Å². The first kappa shape index (κ1) is 19.3. The van der Waals surface area contributed by atoms with E-state index in [0.717, 1.165) is 11.3 Å². The number of primary amides is 1. The Kier molecular flexibility index (Phi) is 6.16. The molecule has 3 N–H and O–H groups in total. The predicted octanol–water partition coefficient (Wildman–Crippen LogP) is 1.42. The zero-order chi connectivity index (χ0) is 19.9. The molecular weight excluding hydrogens is 356 g/mol. The lowest BCUT2D eigenvalue weighted by atomic mass is 10.0. The number of ketones is 1. The maximum absolute atomic E-state index is 12.8. The van der Waals surface area contributed by atoms with Crippen molar-refractivity contribution in [2.24, 2.45) is 10.8 Å². The van der Waals surface area contributed by atoms with Gasteiger partial charge in [0, 0.05) is 12.6 Å².